The molecule has 0 saturated heterocycles. The zero-order valence-electron chi connectivity index (χ0n) is 15.4. The first-order chi connectivity index (χ1) is 13.3. The van der Waals surface area contributed by atoms with Crippen LogP contribution in [0.2, 0.25) is 0 Å². The summed E-state index contributed by atoms with van der Waals surface area (Å²) in [6, 6.07) is 35.0. The fourth-order valence-corrected chi connectivity index (χ4v) is 3.95. The molecular weight excluding hydrogens is 326 g/mol. The lowest BCUT2D eigenvalue weighted by Crippen LogP contribution is -1.93. The van der Waals surface area contributed by atoms with E-state index in [2.05, 4.69) is 109 Å². The normalized spacial score (nSPS) is 11.3. The minimum absolute atomic E-state index is 1.06. The van der Waals surface area contributed by atoms with Crippen LogP contribution in [-0.2, 0) is 6.42 Å². The van der Waals surface area contributed by atoms with E-state index in [4.69, 9.17) is 0 Å². The third-order valence-corrected chi connectivity index (χ3v) is 5.38. The molecule has 0 bridgehead atoms. The van der Waals surface area contributed by atoms with E-state index in [9.17, 15) is 0 Å². The Morgan fingerprint density at radius 1 is 0.593 bits per heavy atom. The number of benzene rings is 4. The Labute approximate surface area is 159 Å². The van der Waals surface area contributed by atoms with Crippen molar-refractivity contribution in [2.45, 2.75) is 13.3 Å². The highest BCUT2D eigenvalue weighted by molar-refractivity contribution is 6.09. The van der Waals surface area contributed by atoms with Crippen molar-refractivity contribution < 1.29 is 0 Å². The number of rotatable bonds is 3. The van der Waals surface area contributed by atoms with Gasteiger partial charge in [0.1, 0.15) is 0 Å². The first kappa shape index (κ1) is 15.9. The van der Waals surface area contributed by atoms with Crippen LogP contribution >= 0.6 is 0 Å². The summed E-state index contributed by atoms with van der Waals surface area (Å²) in [5.41, 5.74) is 7.59. The molecule has 1 aromatic heterocycles. The molecule has 0 N–H and O–H groups in total. The molecule has 27 heavy (non-hydrogen) atoms. The van der Waals surface area contributed by atoms with Crippen molar-refractivity contribution in [3.63, 3.8) is 0 Å². The Bertz CT molecular complexity index is 1230. The van der Waals surface area contributed by atoms with E-state index in [0.717, 1.165) is 6.42 Å². The molecule has 0 spiro atoms. The summed E-state index contributed by atoms with van der Waals surface area (Å²) in [4.78, 5) is 0. The summed E-state index contributed by atoms with van der Waals surface area (Å²) in [6.07, 6.45) is 1.06. The molecule has 1 heteroatoms. The first-order valence-electron chi connectivity index (χ1n) is 9.53. The standard InChI is InChI=1S/C26H21N/c1-2-19-12-17-26-24(18-19)23-10-6-7-11-25(23)27(26)22-15-13-21(14-16-22)20-8-4-3-5-9-20/h3-18H,2H2,1H3. The van der Waals surface area contributed by atoms with Gasteiger partial charge < -0.3 is 4.57 Å². The predicted octanol–water partition coefficient (Wildman–Crippen LogP) is 7.01. The lowest BCUT2D eigenvalue weighted by molar-refractivity contribution is 1.14. The fraction of sp³-hybridized carbons (Fsp3) is 0.0769. The molecule has 0 saturated carbocycles. The minimum atomic E-state index is 1.06. The molecule has 0 amide bonds. The van der Waals surface area contributed by atoms with Crippen LogP contribution < -0.4 is 0 Å². The van der Waals surface area contributed by atoms with Crippen molar-refractivity contribution >= 4 is 21.8 Å². The number of hydrogen-bond acceptors (Lipinski definition) is 0. The van der Waals surface area contributed by atoms with E-state index in [1.165, 1.54) is 44.2 Å². The Kier molecular flexibility index (Phi) is 3.79. The van der Waals surface area contributed by atoms with Crippen LogP contribution in [0.4, 0.5) is 0 Å². The van der Waals surface area contributed by atoms with Crippen molar-refractivity contribution in [3.05, 3.63) is 103 Å². The van der Waals surface area contributed by atoms with E-state index < -0.39 is 0 Å². The topological polar surface area (TPSA) is 4.93 Å². The number of para-hydroxylation sites is 1. The zero-order chi connectivity index (χ0) is 18.2. The van der Waals surface area contributed by atoms with Crippen molar-refractivity contribution in [2.75, 3.05) is 0 Å². The van der Waals surface area contributed by atoms with E-state index in [1.54, 1.807) is 0 Å². The van der Waals surface area contributed by atoms with Crippen molar-refractivity contribution in [3.8, 4) is 16.8 Å². The SMILES string of the molecule is CCc1ccc2c(c1)c1ccccc1n2-c1ccc(-c2ccccc2)cc1. The summed E-state index contributed by atoms with van der Waals surface area (Å²) in [5, 5.41) is 2.65. The first-order valence-corrected chi connectivity index (χ1v) is 9.53. The number of hydrogen-bond donors (Lipinski definition) is 0. The quantitative estimate of drug-likeness (QED) is 0.331. The van der Waals surface area contributed by atoms with Crippen LogP contribution in [0.1, 0.15) is 12.5 Å². The maximum Gasteiger partial charge on any atom is 0.0541 e. The van der Waals surface area contributed by atoms with Crippen LogP contribution in [0.5, 0.6) is 0 Å². The van der Waals surface area contributed by atoms with E-state index >= 15 is 0 Å². The number of aryl methyl sites for hydroxylation is 1. The maximum atomic E-state index is 2.37. The Morgan fingerprint density at radius 3 is 2.04 bits per heavy atom. The number of aromatic nitrogens is 1. The summed E-state index contributed by atoms with van der Waals surface area (Å²) in [6.45, 7) is 2.21. The summed E-state index contributed by atoms with van der Waals surface area (Å²) in [5.74, 6) is 0. The molecule has 5 rings (SSSR count). The van der Waals surface area contributed by atoms with Gasteiger partial charge in [-0.1, -0.05) is 73.7 Å². The minimum Gasteiger partial charge on any atom is -0.309 e. The van der Waals surface area contributed by atoms with Crippen LogP contribution in [0.3, 0.4) is 0 Å². The second kappa shape index (κ2) is 6.44. The van der Waals surface area contributed by atoms with E-state index in [1.807, 2.05) is 0 Å². The lowest BCUT2D eigenvalue weighted by Gasteiger charge is -2.09. The molecule has 1 heterocycles. The Hall–Kier alpha value is -3.32. The van der Waals surface area contributed by atoms with Crippen LogP contribution in [0, 0.1) is 0 Å². The molecular formula is C26H21N. The monoisotopic (exact) mass is 347 g/mol. The molecule has 130 valence electrons. The van der Waals surface area contributed by atoms with Gasteiger partial charge in [0.25, 0.3) is 0 Å². The van der Waals surface area contributed by atoms with Gasteiger partial charge in [-0.05, 0) is 53.4 Å². The summed E-state index contributed by atoms with van der Waals surface area (Å²) < 4.78 is 2.37. The van der Waals surface area contributed by atoms with Crippen molar-refractivity contribution in [2.24, 2.45) is 0 Å². The molecule has 0 unspecified atom stereocenters. The third kappa shape index (κ3) is 2.63. The van der Waals surface area contributed by atoms with Gasteiger partial charge in [0, 0.05) is 16.5 Å². The Balaban J connectivity index is 1.72. The average Bonchev–Trinajstić information content (AvgIpc) is 3.08. The molecule has 0 aliphatic heterocycles. The molecule has 5 aromatic rings. The maximum absolute atomic E-state index is 2.37. The van der Waals surface area contributed by atoms with Crippen LogP contribution in [-0.4, -0.2) is 4.57 Å². The average molecular weight is 347 g/mol. The van der Waals surface area contributed by atoms with Gasteiger partial charge in [0.15, 0.2) is 0 Å². The van der Waals surface area contributed by atoms with E-state index in [-0.39, 0.29) is 0 Å². The number of fused-ring (bicyclic) bond motifs is 3. The predicted molar refractivity (Wildman–Crippen MR) is 116 cm³/mol. The highest BCUT2D eigenvalue weighted by atomic mass is 15.0. The third-order valence-electron chi connectivity index (χ3n) is 5.38. The lowest BCUT2D eigenvalue weighted by atomic mass is 10.1. The van der Waals surface area contributed by atoms with Gasteiger partial charge in [0.05, 0.1) is 11.0 Å². The van der Waals surface area contributed by atoms with Crippen molar-refractivity contribution in [1.29, 1.82) is 0 Å². The molecule has 4 aromatic carbocycles. The molecule has 0 radical (unpaired) electrons. The van der Waals surface area contributed by atoms with Gasteiger partial charge in [-0.25, -0.2) is 0 Å². The number of nitrogens with zero attached hydrogens (tertiary/aromatic N) is 1. The fourth-order valence-electron chi connectivity index (χ4n) is 3.95. The smallest absolute Gasteiger partial charge is 0.0541 e. The highest BCUT2D eigenvalue weighted by Gasteiger charge is 2.12. The molecule has 0 atom stereocenters. The highest BCUT2D eigenvalue weighted by Crippen LogP contribution is 2.33. The zero-order valence-corrected chi connectivity index (χ0v) is 15.4. The van der Waals surface area contributed by atoms with Gasteiger partial charge in [-0.2, -0.15) is 0 Å². The summed E-state index contributed by atoms with van der Waals surface area (Å²) >= 11 is 0. The molecule has 0 aliphatic rings. The molecule has 0 fully saturated rings. The van der Waals surface area contributed by atoms with Crippen LogP contribution in [0.15, 0.2) is 97.1 Å². The second-order valence-electron chi connectivity index (χ2n) is 6.97. The molecule has 1 nitrogen and oxygen atoms in total. The van der Waals surface area contributed by atoms with Crippen LogP contribution in [0.25, 0.3) is 38.6 Å². The van der Waals surface area contributed by atoms with E-state index in [0.29, 0.717) is 0 Å². The van der Waals surface area contributed by atoms with Gasteiger partial charge in [-0.15, -0.1) is 0 Å². The van der Waals surface area contributed by atoms with Gasteiger partial charge >= 0.3 is 0 Å². The largest absolute Gasteiger partial charge is 0.309 e. The van der Waals surface area contributed by atoms with Gasteiger partial charge in [-0.3, -0.25) is 0 Å². The second-order valence-corrected chi connectivity index (χ2v) is 6.97. The van der Waals surface area contributed by atoms with Crippen molar-refractivity contribution in [1.82, 2.24) is 4.57 Å². The molecule has 0 aliphatic carbocycles. The summed E-state index contributed by atoms with van der Waals surface area (Å²) in [7, 11) is 0. The Morgan fingerprint density at radius 2 is 1.26 bits per heavy atom. The van der Waals surface area contributed by atoms with Gasteiger partial charge in [0.2, 0.25) is 0 Å².